The van der Waals surface area contributed by atoms with Gasteiger partial charge in [-0.05, 0) is 31.4 Å². The van der Waals surface area contributed by atoms with E-state index >= 15 is 0 Å². The number of phenolic OH excluding ortho intramolecular Hbond substituents is 1. The third-order valence-electron chi connectivity index (χ3n) is 1.95. The normalized spacial score (nSPS) is 12.2. The predicted octanol–water partition coefficient (Wildman–Crippen LogP) is 3.67. The van der Waals surface area contributed by atoms with Gasteiger partial charge in [-0.3, -0.25) is 4.99 Å². The highest BCUT2D eigenvalue weighted by Crippen LogP contribution is 2.22. The minimum atomic E-state index is -0.488. The fourth-order valence-corrected chi connectivity index (χ4v) is 1.43. The monoisotopic (exact) mass is 209 g/mol. The maximum atomic E-state index is 13.3. The van der Waals surface area contributed by atoms with Gasteiger partial charge in [0.05, 0.1) is 5.69 Å². The molecule has 0 aromatic heterocycles. The summed E-state index contributed by atoms with van der Waals surface area (Å²) in [5.41, 5.74) is 1.18. The average molecular weight is 209 g/mol. The molecule has 0 atom stereocenters. The molecule has 1 N–H and O–H groups in total. The van der Waals surface area contributed by atoms with Gasteiger partial charge in [-0.25, -0.2) is 4.39 Å². The van der Waals surface area contributed by atoms with Gasteiger partial charge in [0.25, 0.3) is 0 Å². The Morgan fingerprint density at radius 2 is 2.13 bits per heavy atom. The molecule has 0 spiro atoms. The van der Waals surface area contributed by atoms with E-state index in [9.17, 15) is 4.39 Å². The Hall–Kier alpha value is -1.38. The van der Waals surface area contributed by atoms with Crippen LogP contribution in [0.15, 0.2) is 23.2 Å². The Labute approximate surface area is 89.5 Å². The van der Waals surface area contributed by atoms with Crippen molar-refractivity contribution < 1.29 is 9.50 Å². The van der Waals surface area contributed by atoms with Crippen LogP contribution in [0.5, 0.6) is 5.75 Å². The molecule has 1 aromatic carbocycles. The van der Waals surface area contributed by atoms with Crippen LogP contribution in [0, 0.1) is 11.7 Å². The van der Waals surface area contributed by atoms with Gasteiger partial charge in [0.2, 0.25) is 0 Å². The van der Waals surface area contributed by atoms with E-state index in [0.717, 1.165) is 18.2 Å². The smallest absolute Gasteiger partial charge is 0.152 e. The Morgan fingerprint density at radius 3 is 2.67 bits per heavy atom. The lowest BCUT2D eigenvalue weighted by molar-refractivity contribution is 0.469. The average Bonchev–Trinajstić information content (AvgIpc) is 2.08. The number of aliphatic imine (C=N–C) groups is 1. The van der Waals surface area contributed by atoms with Gasteiger partial charge in [0.15, 0.2) is 5.82 Å². The summed E-state index contributed by atoms with van der Waals surface area (Å²) >= 11 is 0. The van der Waals surface area contributed by atoms with E-state index in [-0.39, 0.29) is 11.4 Å². The van der Waals surface area contributed by atoms with Crippen molar-refractivity contribution in [2.45, 2.75) is 27.2 Å². The molecule has 0 unspecified atom stereocenters. The molecule has 15 heavy (non-hydrogen) atoms. The maximum absolute atomic E-state index is 13.3. The molecular weight excluding hydrogens is 193 g/mol. The number of nitrogens with zero attached hydrogens (tertiary/aromatic N) is 1. The highest BCUT2D eigenvalue weighted by atomic mass is 19.1. The van der Waals surface area contributed by atoms with Crippen molar-refractivity contribution in [2.75, 3.05) is 0 Å². The van der Waals surface area contributed by atoms with Crippen molar-refractivity contribution in [1.82, 2.24) is 0 Å². The van der Waals surface area contributed by atoms with Gasteiger partial charge in [0, 0.05) is 11.8 Å². The van der Waals surface area contributed by atoms with E-state index < -0.39 is 5.82 Å². The second-order valence-corrected chi connectivity index (χ2v) is 4.08. The number of hydrogen-bond acceptors (Lipinski definition) is 2. The Bertz CT molecular complexity index is 372. The van der Waals surface area contributed by atoms with Crippen molar-refractivity contribution in [2.24, 2.45) is 10.9 Å². The molecule has 0 aliphatic carbocycles. The van der Waals surface area contributed by atoms with Gasteiger partial charge in [-0.2, -0.15) is 0 Å². The van der Waals surface area contributed by atoms with Crippen LogP contribution in [0.4, 0.5) is 10.1 Å². The topological polar surface area (TPSA) is 32.6 Å². The molecule has 0 radical (unpaired) electrons. The van der Waals surface area contributed by atoms with Crippen LogP contribution >= 0.6 is 0 Å². The van der Waals surface area contributed by atoms with E-state index in [1.54, 1.807) is 0 Å². The molecule has 0 aliphatic heterocycles. The zero-order valence-electron chi connectivity index (χ0n) is 9.29. The number of rotatable bonds is 3. The highest BCUT2D eigenvalue weighted by molar-refractivity contribution is 5.84. The summed E-state index contributed by atoms with van der Waals surface area (Å²) < 4.78 is 13.3. The van der Waals surface area contributed by atoms with Gasteiger partial charge >= 0.3 is 0 Å². The minimum absolute atomic E-state index is 0.0760. The van der Waals surface area contributed by atoms with E-state index in [1.807, 2.05) is 6.92 Å². The Kier molecular flexibility index (Phi) is 3.83. The molecule has 0 saturated heterocycles. The first kappa shape index (κ1) is 11.7. The van der Waals surface area contributed by atoms with E-state index in [2.05, 4.69) is 18.8 Å². The largest absolute Gasteiger partial charge is 0.508 e. The summed E-state index contributed by atoms with van der Waals surface area (Å²) in [5.74, 6) is -0.0556. The van der Waals surface area contributed by atoms with Crippen LogP contribution in [-0.4, -0.2) is 10.8 Å². The zero-order valence-corrected chi connectivity index (χ0v) is 9.29. The molecule has 0 heterocycles. The molecule has 3 heteroatoms. The highest BCUT2D eigenvalue weighted by Gasteiger charge is 2.03. The number of phenols is 1. The van der Waals surface area contributed by atoms with Gasteiger partial charge < -0.3 is 5.11 Å². The van der Waals surface area contributed by atoms with Crippen molar-refractivity contribution >= 4 is 11.4 Å². The summed E-state index contributed by atoms with van der Waals surface area (Å²) in [6.07, 6.45) is 0.848. The van der Waals surface area contributed by atoms with Crippen molar-refractivity contribution in [3.05, 3.63) is 24.0 Å². The second-order valence-electron chi connectivity index (χ2n) is 4.08. The van der Waals surface area contributed by atoms with Crippen molar-refractivity contribution in [3.63, 3.8) is 0 Å². The Balaban J connectivity index is 2.88. The minimum Gasteiger partial charge on any atom is -0.508 e. The van der Waals surface area contributed by atoms with Gasteiger partial charge in [-0.15, -0.1) is 0 Å². The molecule has 0 aliphatic rings. The second kappa shape index (κ2) is 4.91. The van der Waals surface area contributed by atoms with E-state index in [4.69, 9.17) is 5.11 Å². The first-order chi connectivity index (χ1) is 6.99. The molecule has 82 valence electrons. The number of benzene rings is 1. The fraction of sp³-hybridized carbons (Fsp3) is 0.417. The van der Waals surface area contributed by atoms with Crippen LogP contribution in [0.2, 0.25) is 0 Å². The van der Waals surface area contributed by atoms with Crippen LogP contribution in [0.3, 0.4) is 0 Å². The van der Waals surface area contributed by atoms with Crippen LogP contribution < -0.4 is 0 Å². The van der Waals surface area contributed by atoms with Gasteiger partial charge in [-0.1, -0.05) is 13.8 Å². The van der Waals surface area contributed by atoms with E-state index in [0.29, 0.717) is 5.92 Å². The standard InChI is InChI=1S/C12H16FNO/c1-8(2)6-9(3)14-12-5-4-10(15)7-11(12)13/h4-5,7-8,15H,6H2,1-3H3. The first-order valence-corrected chi connectivity index (χ1v) is 5.01. The number of aromatic hydroxyl groups is 1. The molecule has 0 fully saturated rings. The number of halogens is 1. The lowest BCUT2D eigenvalue weighted by atomic mass is 10.1. The van der Waals surface area contributed by atoms with Crippen LogP contribution in [0.25, 0.3) is 0 Å². The van der Waals surface area contributed by atoms with Crippen molar-refractivity contribution in [3.8, 4) is 5.75 Å². The summed E-state index contributed by atoms with van der Waals surface area (Å²) in [7, 11) is 0. The quantitative estimate of drug-likeness (QED) is 0.757. The lowest BCUT2D eigenvalue weighted by Gasteiger charge is -2.04. The molecule has 0 amide bonds. The zero-order chi connectivity index (χ0) is 11.4. The summed E-state index contributed by atoms with van der Waals surface area (Å²) in [5, 5.41) is 9.03. The molecule has 1 rings (SSSR count). The van der Waals surface area contributed by atoms with Crippen molar-refractivity contribution in [1.29, 1.82) is 0 Å². The molecule has 1 aromatic rings. The number of hydrogen-bond donors (Lipinski definition) is 1. The SMILES string of the molecule is CC(CC(C)C)=Nc1ccc(O)cc1F. The third kappa shape index (κ3) is 3.70. The lowest BCUT2D eigenvalue weighted by Crippen LogP contribution is -1.97. The molecular formula is C12H16FNO. The van der Waals surface area contributed by atoms with E-state index in [1.165, 1.54) is 12.1 Å². The third-order valence-corrected chi connectivity index (χ3v) is 1.95. The summed E-state index contributed by atoms with van der Waals surface area (Å²) in [6, 6.07) is 3.99. The fourth-order valence-electron chi connectivity index (χ4n) is 1.43. The van der Waals surface area contributed by atoms with Crippen LogP contribution in [0.1, 0.15) is 27.2 Å². The summed E-state index contributed by atoms with van der Waals surface area (Å²) in [4.78, 5) is 4.17. The Morgan fingerprint density at radius 1 is 1.47 bits per heavy atom. The summed E-state index contributed by atoms with van der Waals surface area (Å²) in [6.45, 7) is 6.06. The van der Waals surface area contributed by atoms with Gasteiger partial charge in [0.1, 0.15) is 5.75 Å². The molecule has 0 saturated carbocycles. The predicted molar refractivity (Wildman–Crippen MR) is 60.3 cm³/mol. The molecule has 2 nitrogen and oxygen atoms in total. The molecule has 0 bridgehead atoms. The van der Waals surface area contributed by atoms with Crippen LogP contribution in [-0.2, 0) is 0 Å². The maximum Gasteiger partial charge on any atom is 0.152 e. The first-order valence-electron chi connectivity index (χ1n) is 5.01.